The summed E-state index contributed by atoms with van der Waals surface area (Å²) in [6.45, 7) is 0. The van der Waals surface area contributed by atoms with Crippen molar-refractivity contribution in [2.45, 2.75) is 0 Å². The van der Waals surface area contributed by atoms with Crippen LogP contribution in [0, 0.1) is 0 Å². The second-order valence-electron chi connectivity index (χ2n) is 3.49. The zero-order valence-corrected chi connectivity index (χ0v) is 8.98. The Kier molecular flexibility index (Phi) is 1.94. The second kappa shape index (κ2) is 3.32. The number of halogens is 1. The van der Waals surface area contributed by atoms with Crippen molar-refractivity contribution in [3.8, 4) is 0 Å². The molecule has 0 aliphatic carbocycles. The third-order valence-corrected chi connectivity index (χ3v) is 2.81. The van der Waals surface area contributed by atoms with Gasteiger partial charge in [-0.2, -0.15) is 0 Å². The number of para-hydroxylation sites is 1. The van der Waals surface area contributed by atoms with E-state index in [1.165, 1.54) is 4.40 Å². The van der Waals surface area contributed by atoms with Crippen LogP contribution in [0.2, 0.25) is 5.15 Å². The van der Waals surface area contributed by atoms with Gasteiger partial charge in [-0.25, -0.2) is 4.98 Å². The molecular weight excluding hydrogens is 224 g/mol. The Bertz CT molecular complexity index is 749. The molecule has 0 spiro atoms. The van der Waals surface area contributed by atoms with E-state index in [1.54, 1.807) is 30.5 Å². The molecule has 0 aliphatic heterocycles. The molecule has 16 heavy (non-hydrogen) atoms. The molecule has 0 aliphatic rings. The van der Waals surface area contributed by atoms with Gasteiger partial charge in [0.1, 0.15) is 0 Å². The molecule has 0 amide bonds. The van der Waals surface area contributed by atoms with Crippen molar-refractivity contribution in [2.24, 2.45) is 0 Å². The third kappa shape index (κ3) is 1.22. The lowest BCUT2D eigenvalue weighted by molar-refractivity contribution is 1.15. The van der Waals surface area contributed by atoms with E-state index in [2.05, 4.69) is 4.98 Å². The summed E-state index contributed by atoms with van der Waals surface area (Å²) in [5, 5.41) is 0.902. The van der Waals surface area contributed by atoms with Gasteiger partial charge in [0.2, 0.25) is 0 Å². The van der Waals surface area contributed by atoms with Crippen LogP contribution in [-0.2, 0) is 0 Å². The van der Waals surface area contributed by atoms with Gasteiger partial charge in [-0.05, 0) is 24.3 Å². The fourth-order valence-corrected chi connectivity index (χ4v) is 2.02. The summed E-state index contributed by atoms with van der Waals surface area (Å²) >= 11 is 6.06. The van der Waals surface area contributed by atoms with E-state index in [1.807, 2.05) is 12.1 Å². The average molecular weight is 231 g/mol. The zero-order chi connectivity index (χ0) is 11.1. The van der Waals surface area contributed by atoms with E-state index in [0.29, 0.717) is 21.6 Å². The molecular formula is C12H7ClN2O. The van der Waals surface area contributed by atoms with Crippen LogP contribution in [0.5, 0.6) is 0 Å². The van der Waals surface area contributed by atoms with Gasteiger partial charge in [0.05, 0.1) is 16.4 Å². The first-order valence-corrected chi connectivity index (χ1v) is 5.21. The molecule has 2 aromatic heterocycles. The molecule has 78 valence electrons. The molecule has 0 unspecified atom stereocenters. The zero-order valence-electron chi connectivity index (χ0n) is 8.22. The molecule has 4 heteroatoms. The highest BCUT2D eigenvalue weighted by atomic mass is 35.5. The van der Waals surface area contributed by atoms with Gasteiger partial charge in [0, 0.05) is 6.20 Å². The monoisotopic (exact) mass is 230 g/mol. The van der Waals surface area contributed by atoms with Crippen LogP contribution in [0.3, 0.4) is 0 Å². The van der Waals surface area contributed by atoms with Crippen LogP contribution in [-0.4, -0.2) is 9.38 Å². The first-order chi connectivity index (χ1) is 7.77. The van der Waals surface area contributed by atoms with E-state index >= 15 is 0 Å². The standard InChI is InChI=1S/C12H7ClN2O/c13-11-10-6-3-7-15(10)12(16)8-4-1-2-5-9(8)14-11/h1-7H. The maximum atomic E-state index is 12.2. The minimum absolute atomic E-state index is 0.102. The van der Waals surface area contributed by atoms with Gasteiger partial charge >= 0.3 is 0 Å². The van der Waals surface area contributed by atoms with E-state index in [0.717, 1.165) is 0 Å². The number of fused-ring (bicyclic) bond motifs is 2. The Labute approximate surface area is 95.9 Å². The summed E-state index contributed by atoms with van der Waals surface area (Å²) in [6, 6.07) is 10.7. The Morgan fingerprint density at radius 3 is 2.81 bits per heavy atom. The molecule has 0 bridgehead atoms. The van der Waals surface area contributed by atoms with Crippen LogP contribution in [0.1, 0.15) is 0 Å². The number of hydrogen-bond donors (Lipinski definition) is 0. The Balaban J connectivity index is 2.74. The predicted octanol–water partition coefficient (Wildman–Crippen LogP) is 2.50. The van der Waals surface area contributed by atoms with Crippen LogP contribution in [0.15, 0.2) is 47.4 Å². The normalized spacial score (nSPS) is 11.1. The van der Waals surface area contributed by atoms with Crippen LogP contribution < -0.4 is 5.56 Å². The second-order valence-corrected chi connectivity index (χ2v) is 3.85. The molecule has 0 N–H and O–H groups in total. The topological polar surface area (TPSA) is 34.4 Å². The van der Waals surface area contributed by atoms with Crippen LogP contribution in [0.4, 0.5) is 0 Å². The van der Waals surface area contributed by atoms with E-state index in [-0.39, 0.29) is 5.56 Å². The maximum absolute atomic E-state index is 12.2. The molecule has 0 saturated carbocycles. The SMILES string of the molecule is O=c1c2ccccc2nc(Cl)c2cccn12. The van der Waals surface area contributed by atoms with Gasteiger partial charge in [-0.3, -0.25) is 9.20 Å². The summed E-state index contributed by atoms with van der Waals surface area (Å²) in [5.74, 6) is 0. The highest BCUT2D eigenvalue weighted by molar-refractivity contribution is 6.32. The molecule has 1 aromatic carbocycles. The fourth-order valence-electron chi connectivity index (χ4n) is 1.77. The molecule has 2 heterocycles. The van der Waals surface area contributed by atoms with E-state index in [4.69, 9.17) is 11.6 Å². The average Bonchev–Trinajstić information content (AvgIpc) is 2.74. The Hall–Kier alpha value is -1.87. The highest BCUT2D eigenvalue weighted by Gasteiger charge is 2.05. The molecule has 0 radical (unpaired) electrons. The smallest absolute Gasteiger partial charge is 0.264 e. The third-order valence-electron chi connectivity index (χ3n) is 2.53. The first kappa shape index (κ1) is 9.36. The van der Waals surface area contributed by atoms with Crippen molar-refractivity contribution in [1.82, 2.24) is 9.38 Å². The van der Waals surface area contributed by atoms with Crippen molar-refractivity contribution in [2.75, 3.05) is 0 Å². The molecule has 3 nitrogen and oxygen atoms in total. The summed E-state index contributed by atoms with van der Waals surface area (Å²) in [7, 11) is 0. The maximum Gasteiger partial charge on any atom is 0.264 e. The van der Waals surface area contributed by atoms with E-state index in [9.17, 15) is 4.79 Å². The lowest BCUT2D eigenvalue weighted by Crippen LogP contribution is -2.07. The van der Waals surface area contributed by atoms with Crippen LogP contribution in [0.25, 0.3) is 16.4 Å². The van der Waals surface area contributed by atoms with Crippen LogP contribution >= 0.6 is 11.6 Å². The molecule has 3 aromatic rings. The Morgan fingerprint density at radius 2 is 1.94 bits per heavy atom. The molecule has 0 fully saturated rings. The molecule has 3 rings (SSSR count). The highest BCUT2D eigenvalue weighted by Crippen LogP contribution is 2.15. The van der Waals surface area contributed by atoms with Gasteiger partial charge in [0.15, 0.2) is 5.15 Å². The van der Waals surface area contributed by atoms with E-state index < -0.39 is 0 Å². The van der Waals surface area contributed by atoms with Gasteiger partial charge < -0.3 is 0 Å². The van der Waals surface area contributed by atoms with Crippen molar-refractivity contribution in [3.05, 3.63) is 58.1 Å². The van der Waals surface area contributed by atoms with Gasteiger partial charge in [0.25, 0.3) is 5.56 Å². The minimum atomic E-state index is -0.102. The number of hydrogen-bond acceptors (Lipinski definition) is 2. The molecule has 0 saturated heterocycles. The summed E-state index contributed by atoms with van der Waals surface area (Å²) in [5.41, 5.74) is 1.14. The molecule has 0 atom stereocenters. The predicted molar refractivity (Wildman–Crippen MR) is 64.0 cm³/mol. The van der Waals surface area contributed by atoms with Crippen molar-refractivity contribution in [1.29, 1.82) is 0 Å². The summed E-state index contributed by atoms with van der Waals surface area (Å²) < 4.78 is 1.51. The number of aromatic nitrogens is 2. The largest absolute Gasteiger partial charge is 0.281 e. The van der Waals surface area contributed by atoms with Crippen molar-refractivity contribution < 1.29 is 0 Å². The summed E-state index contributed by atoms with van der Waals surface area (Å²) in [4.78, 5) is 16.4. The minimum Gasteiger partial charge on any atom is -0.281 e. The Morgan fingerprint density at radius 1 is 1.12 bits per heavy atom. The number of rotatable bonds is 0. The fraction of sp³-hybridized carbons (Fsp3) is 0. The lowest BCUT2D eigenvalue weighted by atomic mass is 10.2. The van der Waals surface area contributed by atoms with Crippen molar-refractivity contribution >= 4 is 28.0 Å². The summed E-state index contributed by atoms with van der Waals surface area (Å²) in [6.07, 6.45) is 1.69. The van der Waals surface area contributed by atoms with Gasteiger partial charge in [-0.15, -0.1) is 0 Å². The van der Waals surface area contributed by atoms with Crippen molar-refractivity contribution in [3.63, 3.8) is 0 Å². The number of benzene rings is 1. The van der Waals surface area contributed by atoms with Gasteiger partial charge in [-0.1, -0.05) is 23.7 Å². The quantitative estimate of drug-likeness (QED) is 0.595. The first-order valence-electron chi connectivity index (χ1n) is 4.83. The number of nitrogens with zero attached hydrogens (tertiary/aromatic N) is 2. The lowest BCUT2D eigenvalue weighted by Gasteiger charge is -1.87.